The van der Waals surface area contributed by atoms with Crippen LogP contribution in [0.1, 0.15) is 117 Å². The number of amides is 1. The number of hydrogen-bond donors (Lipinski definition) is 2. The van der Waals surface area contributed by atoms with E-state index < -0.39 is 0 Å². The van der Waals surface area contributed by atoms with Gasteiger partial charge < -0.3 is 10.4 Å². The molecule has 0 saturated carbocycles. The Balaban J connectivity index is 3.33. The third-order valence-electron chi connectivity index (χ3n) is 4.85. The van der Waals surface area contributed by atoms with Crippen molar-refractivity contribution in [3.05, 3.63) is 0 Å². The van der Waals surface area contributed by atoms with Crippen molar-refractivity contribution in [1.29, 1.82) is 0 Å². The molecule has 0 bridgehead atoms. The number of carbonyl (C=O) groups is 1. The first-order valence-electron chi connectivity index (χ1n) is 11.0. The van der Waals surface area contributed by atoms with Crippen molar-refractivity contribution in [3.63, 3.8) is 0 Å². The summed E-state index contributed by atoms with van der Waals surface area (Å²) in [4.78, 5) is 11.9. The van der Waals surface area contributed by atoms with Gasteiger partial charge in [0.2, 0.25) is 5.91 Å². The van der Waals surface area contributed by atoms with E-state index in [2.05, 4.69) is 26.1 Å². The maximum Gasteiger partial charge on any atom is 0.220 e. The van der Waals surface area contributed by atoms with E-state index in [0.717, 1.165) is 19.3 Å². The summed E-state index contributed by atoms with van der Waals surface area (Å²) in [5.41, 5.74) is 0. The van der Waals surface area contributed by atoms with Crippen LogP contribution < -0.4 is 5.32 Å². The molecule has 0 rings (SSSR count). The predicted octanol–water partition coefficient (Wildman–Crippen LogP) is 5.99. The second-order valence-corrected chi connectivity index (χ2v) is 8.07. The first-order valence-corrected chi connectivity index (χ1v) is 11.0. The Labute approximate surface area is 157 Å². The van der Waals surface area contributed by atoms with Crippen molar-refractivity contribution >= 4 is 5.91 Å². The van der Waals surface area contributed by atoms with E-state index in [9.17, 15) is 9.90 Å². The van der Waals surface area contributed by atoms with E-state index in [1.54, 1.807) is 0 Å². The highest BCUT2D eigenvalue weighted by molar-refractivity contribution is 5.76. The van der Waals surface area contributed by atoms with Gasteiger partial charge in [-0.1, -0.05) is 97.8 Å². The van der Waals surface area contributed by atoms with E-state index in [0.29, 0.717) is 12.3 Å². The van der Waals surface area contributed by atoms with Gasteiger partial charge in [0.05, 0.1) is 12.6 Å². The van der Waals surface area contributed by atoms with Crippen LogP contribution in [0.3, 0.4) is 0 Å². The molecule has 0 aromatic rings. The minimum atomic E-state index is -0.0746. The van der Waals surface area contributed by atoms with Crippen molar-refractivity contribution in [2.24, 2.45) is 5.92 Å². The van der Waals surface area contributed by atoms with Gasteiger partial charge in [0, 0.05) is 6.42 Å². The third kappa shape index (κ3) is 18.0. The van der Waals surface area contributed by atoms with Crippen LogP contribution in [-0.4, -0.2) is 23.7 Å². The Bertz CT molecular complexity index is 292. The average Bonchev–Trinajstić information content (AvgIpc) is 2.58. The number of carbonyl (C=O) groups excluding carboxylic acids is 1. The average molecular weight is 356 g/mol. The van der Waals surface area contributed by atoms with Gasteiger partial charge in [-0.3, -0.25) is 4.79 Å². The van der Waals surface area contributed by atoms with Crippen molar-refractivity contribution in [1.82, 2.24) is 5.32 Å². The number of rotatable bonds is 18. The number of aliphatic hydroxyl groups excluding tert-OH is 1. The summed E-state index contributed by atoms with van der Waals surface area (Å²) >= 11 is 0. The van der Waals surface area contributed by atoms with Gasteiger partial charge in [-0.05, 0) is 18.8 Å². The van der Waals surface area contributed by atoms with Gasteiger partial charge in [-0.25, -0.2) is 0 Å². The first kappa shape index (κ1) is 24.4. The lowest BCUT2D eigenvalue weighted by atomic mass is 10.0. The third-order valence-corrected chi connectivity index (χ3v) is 4.85. The van der Waals surface area contributed by atoms with Crippen LogP contribution in [0.15, 0.2) is 0 Å². The van der Waals surface area contributed by atoms with E-state index >= 15 is 0 Å². The Morgan fingerprint density at radius 2 is 1.24 bits per heavy atom. The lowest BCUT2D eigenvalue weighted by Crippen LogP contribution is -2.38. The summed E-state index contributed by atoms with van der Waals surface area (Å²) in [5, 5.41) is 12.2. The van der Waals surface area contributed by atoms with Crippen molar-refractivity contribution < 1.29 is 9.90 Å². The fraction of sp³-hybridized carbons (Fsp3) is 0.955. The highest BCUT2D eigenvalue weighted by Gasteiger charge is 2.12. The summed E-state index contributed by atoms with van der Waals surface area (Å²) < 4.78 is 0. The molecular formula is C22H45NO2. The largest absolute Gasteiger partial charge is 0.394 e. The Morgan fingerprint density at radius 1 is 0.800 bits per heavy atom. The van der Waals surface area contributed by atoms with Crippen LogP contribution in [0.4, 0.5) is 0 Å². The summed E-state index contributed by atoms with van der Waals surface area (Å²) in [5.74, 6) is 0.594. The Kier molecular flexibility index (Phi) is 17.8. The maximum absolute atomic E-state index is 11.9. The minimum Gasteiger partial charge on any atom is -0.394 e. The molecule has 25 heavy (non-hydrogen) atoms. The standard InChI is InChI=1S/C22H45NO2/c1-4-5-6-7-8-9-10-11-12-13-14-15-16-17-22(25)23-21(19-24)18-20(2)3/h20-21,24H,4-19H2,1-3H3,(H,23,25)/t21-/m1/s1. The van der Waals surface area contributed by atoms with Crippen molar-refractivity contribution in [2.75, 3.05) is 6.61 Å². The van der Waals surface area contributed by atoms with Crippen LogP contribution in [0.2, 0.25) is 0 Å². The molecule has 0 aromatic carbocycles. The number of nitrogens with one attached hydrogen (secondary N) is 1. The second kappa shape index (κ2) is 18.2. The van der Waals surface area contributed by atoms with Gasteiger partial charge in [-0.2, -0.15) is 0 Å². The smallest absolute Gasteiger partial charge is 0.220 e. The maximum atomic E-state index is 11.9. The van der Waals surface area contributed by atoms with Gasteiger partial charge in [-0.15, -0.1) is 0 Å². The zero-order chi connectivity index (χ0) is 18.8. The van der Waals surface area contributed by atoms with E-state index in [4.69, 9.17) is 0 Å². The monoisotopic (exact) mass is 355 g/mol. The molecule has 0 fully saturated rings. The van der Waals surface area contributed by atoms with E-state index in [-0.39, 0.29) is 18.6 Å². The van der Waals surface area contributed by atoms with Crippen LogP contribution in [0, 0.1) is 5.92 Å². The number of hydrogen-bond acceptors (Lipinski definition) is 2. The fourth-order valence-electron chi connectivity index (χ4n) is 3.35. The molecule has 1 amide bonds. The normalized spacial score (nSPS) is 12.5. The van der Waals surface area contributed by atoms with Crippen molar-refractivity contribution in [2.45, 2.75) is 123 Å². The molecule has 0 spiro atoms. The molecule has 0 aliphatic carbocycles. The molecular weight excluding hydrogens is 310 g/mol. The molecule has 1 atom stereocenters. The molecule has 0 aromatic heterocycles. The van der Waals surface area contributed by atoms with Crippen LogP contribution in [0.5, 0.6) is 0 Å². The molecule has 0 aliphatic rings. The highest BCUT2D eigenvalue weighted by atomic mass is 16.3. The summed E-state index contributed by atoms with van der Waals surface area (Å²) in [6.45, 7) is 6.54. The molecule has 0 aliphatic heterocycles. The number of aliphatic hydroxyl groups is 1. The Hall–Kier alpha value is -0.570. The molecule has 3 nitrogen and oxygen atoms in total. The quantitative estimate of drug-likeness (QED) is 0.297. The molecule has 3 heteroatoms. The second-order valence-electron chi connectivity index (χ2n) is 8.07. The van der Waals surface area contributed by atoms with Gasteiger partial charge in [0.25, 0.3) is 0 Å². The lowest BCUT2D eigenvalue weighted by molar-refractivity contribution is -0.122. The molecule has 0 heterocycles. The first-order chi connectivity index (χ1) is 12.1. The molecule has 0 unspecified atom stereocenters. The lowest BCUT2D eigenvalue weighted by Gasteiger charge is -2.18. The predicted molar refractivity (Wildman–Crippen MR) is 109 cm³/mol. The summed E-state index contributed by atoms with van der Waals surface area (Å²) in [7, 11) is 0. The molecule has 0 radical (unpaired) electrons. The molecule has 0 saturated heterocycles. The molecule has 150 valence electrons. The van der Waals surface area contributed by atoms with Crippen LogP contribution in [-0.2, 0) is 4.79 Å². The minimum absolute atomic E-state index is 0.0442. The van der Waals surface area contributed by atoms with E-state index in [1.165, 1.54) is 70.6 Å². The van der Waals surface area contributed by atoms with Gasteiger partial charge in [0.15, 0.2) is 0 Å². The zero-order valence-electron chi connectivity index (χ0n) is 17.3. The van der Waals surface area contributed by atoms with Crippen LogP contribution in [0.25, 0.3) is 0 Å². The Morgan fingerprint density at radius 3 is 1.64 bits per heavy atom. The fourth-order valence-corrected chi connectivity index (χ4v) is 3.35. The zero-order valence-corrected chi connectivity index (χ0v) is 17.3. The van der Waals surface area contributed by atoms with Gasteiger partial charge in [0.1, 0.15) is 0 Å². The number of unbranched alkanes of at least 4 members (excludes halogenated alkanes) is 12. The van der Waals surface area contributed by atoms with Gasteiger partial charge >= 0.3 is 0 Å². The summed E-state index contributed by atoms with van der Waals surface area (Å²) in [6, 6.07) is -0.0746. The van der Waals surface area contributed by atoms with Crippen LogP contribution >= 0.6 is 0 Å². The topological polar surface area (TPSA) is 49.3 Å². The SMILES string of the molecule is CCCCCCCCCCCCCCCC(=O)N[C@@H](CO)CC(C)C. The molecule has 2 N–H and O–H groups in total. The highest BCUT2D eigenvalue weighted by Crippen LogP contribution is 2.13. The summed E-state index contributed by atoms with van der Waals surface area (Å²) in [6.07, 6.45) is 18.7. The van der Waals surface area contributed by atoms with E-state index in [1.807, 2.05) is 0 Å². The van der Waals surface area contributed by atoms with Crippen molar-refractivity contribution in [3.8, 4) is 0 Å².